The van der Waals surface area contributed by atoms with Crippen LogP contribution in [0.2, 0.25) is 0 Å². The van der Waals surface area contributed by atoms with Crippen molar-refractivity contribution in [1.82, 2.24) is 4.21 Å². The summed E-state index contributed by atoms with van der Waals surface area (Å²) in [4.78, 5) is 11.7. The van der Waals surface area contributed by atoms with Gasteiger partial charge in [-0.25, -0.2) is 0 Å². The molecule has 5 heteroatoms. The minimum Gasteiger partial charge on any atom is -0.613 e. The summed E-state index contributed by atoms with van der Waals surface area (Å²) in [5.41, 5.74) is 1.23. The Morgan fingerprint density at radius 2 is 2.06 bits per heavy atom. The topological polar surface area (TPSA) is 63.2 Å². The Bertz CT molecular complexity index is 445. The van der Waals surface area contributed by atoms with E-state index in [0.29, 0.717) is 17.5 Å². The van der Waals surface area contributed by atoms with E-state index >= 15 is 0 Å². The highest BCUT2D eigenvalue weighted by Gasteiger charge is 2.36. The highest BCUT2D eigenvalue weighted by molar-refractivity contribution is 8.14. The third kappa shape index (κ3) is 2.37. The summed E-state index contributed by atoms with van der Waals surface area (Å²) in [7, 11) is 0. The maximum atomic E-state index is 11.7. The SMILES string of the molecule is CCCCCc1cccc2c1C(=O)S[N+]2([O-])[O-]. The first-order valence-corrected chi connectivity index (χ1v) is 6.51. The van der Waals surface area contributed by atoms with Gasteiger partial charge in [0.15, 0.2) is 17.6 Å². The molecule has 92 valence electrons. The lowest BCUT2D eigenvalue weighted by atomic mass is 10.0. The molecule has 0 spiro atoms. The fourth-order valence-corrected chi connectivity index (χ4v) is 2.82. The Hall–Kier alpha value is -0.880. The van der Waals surface area contributed by atoms with Gasteiger partial charge in [0, 0.05) is 6.07 Å². The van der Waals surface area contributed by atoms with Crippen LogP contribution in [0.15, 0.2) is 18.2 Å². The summed E-state index contributed by atoms with van der Waals surface area (Å²) in [5.74, 6) is 0. The Morgan fingerprint density at radius 3 is 2.76 bits per heavy atom. The summed E-state index contributed by atoms with van der Waals surface area (Å²) < 4.78 is -1.88. The van der Waals surface area contributed by atoms with Gasteiger partial charge in [0.05, 0.1) is 0 Å². The second-order valence-corrected chi connectivity index (χ2v) is 5.18. The number of quaternary nitrogens is 1. The van der Waals surface area contributed by atoms with Crippen LogP contribution in [0.5, 0.6) is 0 Å². The molecule has 0 radical (unpaired) electrons. The van der Waals surface area contributed by atoms with Crippen LogP contribution in [0, 0.1) is 10.4 Å². The maximum absolute atomic E-state index is 11.7. The van der Waals surface area contributed by atoms with Crippen molar-refractivity contribution in [2.75, 3.05) is 0 Å². The Labute approximate surface area is 105 Å². The van der Waals surface area contributed by atoms with E-state index in [2.05, 4.69) is 6.92 Å². The van der Waals surface area contributed by atoms with Gasteiger partial charge in [-0.3, -0.25) is 9.01 Å². The standard InChI is InChI=1S/C12H14NO3S/c1-2-3-4-6-9-7-5-8-10-11(9)12(14)17-13(10,15)16/h5,7-8H,2-4,6H2,1H3/q-1. The van der Waals surface area contributed by atoms with Crippen molar-refractivity contribution >= 4 is 22.8 Å². The molecule has 0 saturated heterocycles. The smallest absolute Gasteiger partial charge is 0.283 e. The lowest BCUT2D eigenvalue weighted by Crippen LogP contribution is -2.23. The lowest BCUT2D eigenvalue weighted by molar-refractivity contribution is 0.109. The first-order chi connectivity index (χ1) is 8.06. The van der Waals surface area contributed by atoms with Gasteiger partial charge >= 0.3 is 0 Å². The van der Waals surface area contributed by atoms with E-state index in [4.69, 9.17) is 0 Å². The fourth-order valence-electron chi connectivity index (χ4n) is 2.03. The van der Waals surface area contributed by atoms with Gasteiger partial charge in [0.25, 0.3) is 5.12 Å². The normalized spacial score (nSPS) is 17.2. The number of carbonyl (C=O) groups excluding carboxylic acids is 1. The second kappa shape index (κ2) is 4.78. The molecule has 0 aromatic heterocycles. The van der Waals surface area contributed by atoms with E-state index in [-0.39, 0.29) is 5.69 Å². The van der Waals surface area contributed by atoms with Crippen molar-refractivity contribution in [1.29, 1.82) is 0 Å². The number of unbranched alkanes of at least 4 members (excludes halogenated alkanes) is 2. The molecule has 0 amide bonds. The molecule has 17 heavy (non-hydrogen) atoms. The number of rotatable bonds is 4. The molecule has 0 N–H and O–H groups in total. The first-order valence-electron chi connectivity index (χ1n) is 5.73. The summed E-state index contributed by atoms with van der Waals surface area (Å²) in [6.07, 6.45) is 3.91. The van der Waals surface area contributed by atoms with E-state index in [9.17, 15) is 15.2 Å². The zero-order valence-electron chi connectivity index (χ0n) is 9.64. The average molecular weight is 252 g/mol. The van der Waals surface area contributed by atoms with Crippen molar-refractivity contribution < 1.29 is 4.79 Å². The van der Waals surface area contributed by atoms with Crippen molar-refractivity contribution in [3.63, 3.8) is 0 Å². The van der Waals surface area contributed by atoms with Crippen molar-refractivity contribution in [3.05, 3.63) is 39.7 Å². The molecule has 0 unspecified atom stereocenters. The fraction of sp³-hybridized carbons (Fsp3) is 0.417. The van der Waals surface area contributed by atoms with Crippen LogP contribution in [0.3, 0.4) is 0 Å². The Kier molecular flexibility index (Phi) is 3.53. The van der Waals surface area contributed by atoms with Gasteiger partial charge in [0.1, 0.15) is 5.56 Å². The summed E-state index contributed by atoms with van der Waals surface area (Å²) in [6, 6.07) is 4.97. The monoisotopic (exact) mass is 252 g/mol. The first kappa shape index (κ1) is 12.6. The summed E-state index contributed by atoms with van der Waals surface area (Å²) in [6.45, 7) is 2.10. The minimum absolute atomic E-state index is 0.0500. The predicted molar refractivity (Wildman–Crippen MR) is 70.1 cm³/mol. The average Bonchev–Trinajstić information content (AvgIpc) is 2.51. The molecule has 0 aliphatic carbocycles. The van der Waals surface area contributed by atoms with Crippen molar-refractivity contribution in [2.24, 2.45) is 0 Å². The van der Waals surface area contributed by atoms with Crippen molar-refractivity contribution in [3.8, 4) is 0 Å². The number of benzene rings is 1. The molecule has 0 saturated carbocycles. The maximum Gasteiger partial charge on any atom is 0.283 e. The molecule has 4 nitrogen and oxygen atoms in total. The largest absolute Gasteiger partial charge is 0.613 e. The zero-order chi connectivity index (χ0) is 12.5. The van der Waals surface area contributed by atoms with Gasteiger partial charge in [0.2, 0.25) is 0 Å². The number of hydrogen-bond acceptors (Lipinski definition) is 4. The second-order valence-electron chi connectivity index (χ2n) is 4.14. The number of fused-ring (bicyclic) bond motifs is 1. The van der Waals surface area contributed by atoms with E-state index in [0.717, 1.165) is 31.2 Å². The quantitative estimate of drug-likeness (QED) is 0.356. The summed E-state index contributed by atoms with van der Waals surface area (Å²) in [5, 5.41) is 22.7. The third-order valence-electron chi connectivity index (χ3n) is 2.88. The zero-order valence-corrected chi connectivity index (χ0v) is 10.5. The van der Waals surface area contributed by atoms with Gasteiger partial charge < -0.3 is 10.4 Å². The van der Waals surface area contributed by atoms with E-state index in [1.807, 2.05) is 6.07 Å². The number of carbonyl (C=O) groups is 1. The molecule has 0 fully saturated rings. The van der Waals surface area contributed by atoms with Gasteiger partial charge in [-0.05, 0) is 18.4 Å². The van der Waals surface area contributed by atoms with Gasteiger partial charge in [-0.15, -0.1) is 0 Å². The van der Waals surface area contributed by atoms with Crippen LogP contribution in [0.4, 0.5) is 5.69 Å². The molecule has 1 aromatic rings. The van der Waals surface area contributed by atoms with Crippen molar-refractivity contribution in [2.45, 2.75) is 32.6 Å². The van der Waals surface area contributed by atoms with E-state index < -0.39 is 9.33 Å². The lowest BCUT2D eigenvalue weighted by Gasteiger charge is -2.38. The van der Waals surface area contributed by atoms with Gasteiger partial charge in [-0.2, -0.15) is 0 Å². The number of hydrogen-bond donors (Lipinski definition) is 0. The number of nitrogens with zero attached hydrogens (tertiary/aromatic N) is 1. The van der Waals surface area contributed by atoms with Crippen LogP contribution in [-0.4, -0.2) is 5.12 Å². The van der Waals surface area contributed by atoms with Crippen LogP contribution < -0.4 is 4.21 Å². The van der Waals surface area contributed by atoms with Crippen LogP contribution in [-0.2, 0) is 6.42 Å². The minimum atomic E-state index is -1.88. The van der Waals surface area contributed by atoms with E-state index in [1.54, 1.807) is 6.07 Å². The molecular weight excluding hydrogens is 238 g/mol. The van der Waals surface area contributed by atoms with Crippen LogP contribution in [0.1, 0.15) is 42.1 Å². The molecule has 1 aliphatic heterocycles. The third-order valence-corrected chi connectivity index (χ3v) is 3.69. The Morgan fingerprint density at radius 1 is 1.29 bits per heavy atom. The summed E-state index contributed by atoms with van der Waals surface area (Å²) >= 11 is 0.292. The molecule has 1 aromatic carbocycles. The molecule has 1 heterocycles. The van der Waals surface area contributed by atoms with Crippen LogP contribution in [0.25, 0.3) is 0 Å². The highest BCUT2D eigenvalue weighted by atomic mass is 32.2. The molecule has 0 bridgehead atoms. The van der Waals surface area contributed by atoms with E-state index in [1.165, 1.54) is 6.07 Å². The van der Waals surface area contributed by atoms with Gasteiger partial charge in [-0.1, -0.05) is 31.9 Å². The Balaban J connectivity index is 2.31. The molecular formula is C12H14NO3S-. The number of aryl methyl sites for hydroxylation is 1. The molecule has 1 aliphatic rings. The molecule has 2 rings (SSSR count). The van der Waals surface area contributed by atoms with Crippen LogP contribution >= 0.6 is 11.9 Å². The molecule has 0 atom stereocenters. The highest BCUT2D eigenvalue weighted by Crippen LogP contribution is 2.44. The predicted octanol–water partition coefficient (Wildman–Crippen LogP) is 3.52.